The number of ether oxygens (including phenoxy) is 2. The number of nitrogens with zero attached hydrogens (tertiary/aromatic N) is 4. The summed E-state index contributed by atoms with van der Waals surface area (Å²) >= 11 is 1.01. The molecule has 0 saturated carbocycles. The minimum absolute atomic E-state index is 0.121. The largest absolute Gasteiger partial charge is 0.489 e. The molecule has 10 heteroatoms. The molecule has 3 heterocycles. The molecule has 0 spiro atoms. The molecule has 2 aromatic carbocycles. The molecule has 0 radical (unpaired) electrons. The van der Waals surface area contributed by atoms with Gasteiger partial charge in [0.15, 0.2) is 0 Å². The first-order chi connectivity index (χ1) is 16.6. The maximum atomic E-state index is 13.7. The molecule has 4 aromatic rings. The SMILES string of the molecule is O=S(=O)(c1cccc2nsnc12)N(Cc1ccc(OCc2cccnc2)cc1)C[C@@H]1CCCO1. The first kappa shape index (κ1) is 22.9. The minimum atomic E-state index is -3.82. The Morgan fingerprint density at radius 3 is 2.71 bits per heavy atom. The molecule has 0 aliphatic carbocycles. The van der Waals surface area contributed by atoms with E-state index in [2.05, 4.69) is 13.7 Å². The number of fused-ring (bicyclic) bond motifs is 1. The van der Waals surface area contributed by atoms with Gasteiger partial charge in [-0.05, 0) is 48.7 Å². The first-order valence-electron chi connectivity index (χ1n) is 11.0. The summed E-state index contributed by atoms with van der Waals surface area (Å²) in [7, 11) is -3.82. The highest BCUT2D eigenvalue weighted by Gasteiger charge is 2.31. The number of hydrogen-bond acceptors (Lipinski definition) is 8. The molecular formula is C24H24N4O4S2. The van der Waals surface area contributed by atoms with Gasteiger partial charge in [-0.2, -0.15) is 13.1 Å². The van der Waals surface area contributed by atoms with Gasteiger partial charge < -0.3 is 9.47 Å². The van der Waals surface area contributed by atoms with Crippen molar-refractivity contribution >= 4 is 32.8 Å². The van der Waals surface area contributed by atoms with Crippen LogP contribution in [-0.4, -0.2) is 45.7 Å². The molecular weight excluding hydrogens is 472 g/mol. The maximum Gasteiger partial charge on any atom is 0.245 e. The van der Waals surface area contributed by atoms with Crippen molar-refractivity contribution in [2.75, 3.05) is 13.2 Å². The van der Waals surface area contributed by atoms with Crippen LogP contribution in [0.3, 0.4) is 0 Å². The zero-order valence-electron chi connectivity index (χ0n) is 18.4. The van der Waals surface area contributed by atoms with E-state index in [4.69, 9.17) is 9.47 Å². The van der Waals surface area contributed by atoms with Gasteiger partial charge in [-0.25, -0.2) is 8.42 Å². The van der Waals surface area contributed by atoms with E-state index < -0.39 is 10.0 Å². The van der Waals surface area contributed by atoms with Gasteiger partial charge in [0.25, 0.3) is 0 Å². The van der Waals surface area contributed by atoms with Gasteiger partial charge in [-0.1, -0.05) is 24.3 Å². The van der Waals surface area contributed by atoms with Crippen LogP contribution in [0, 0.1) is 0 Å². The Morgan fingerprint density at radius 1 is 1.06 bits per heavy atom. The number of rotatable bonds is 9. The molecule has 8 nitrogen and oxygen atoms in total. The molecule has 0 unspecified atom stereocenters. The molecule has 34 heavy (non-hydrogen) atoms. The van der Waals surface area contributed by atoms with Gasteiger partial charge in [0.2, 0.25) is 10.0 Å². The molecule has 0 N–H and O–H groups in total. The number of pyridine rings is 1. The molecule has 1 saturated heterocycles. The van der Waals surface area contributed by atoms with Crippen LogP contribution in [0.25, 0.3) is 11.0 Å². The van der Waals surface area contributed by atoms with Crippen LogP contribution in [0.4, 0.5) is 0 Å². The molecule has 1 atom stereocenters. The van der Waals surface area contributed by atoms with Crippen molar-refractivity contribution < 1.29 is 17.9 Å². The van der Waals surface area contributed by atoms with Crippen molar-refractivity contribution in [1.82, 2.24) is 18.0 Å². The fourth-order valence-electron chi connectivity index (χ4n) is 3.94. The Balaban J connectivity index is 1.36. The standard InChI is InChI=1S/C24H24N4O4S2/c29-34(30,23-7-1-6-22-24(23)27-33-26-22)28(16-21-5-3-13-31-21)15-18-8-10-20(11-9-18)32-17-19-4-2-12-25-14-19/h1-2,4,6-12,14,21H,3,5,13,15-17H2/t21-/m0/s1. The Kier molecular flexibility index (Phi) is 6.82. The molecule has 176 valence electrons. The van der Waals surface area contributed by atoms with Gasteiger partial charge in [0, 0.05) is 37.7 Å². The summed E-state index contributed by atoms with van der Waals surface area (Å²) in [5.41, 5.74) is 2.83. The average molecular weight is 497 g/mol. The van der Waals surface area contributed by atoms with E-state index in [9.17, 15) is 8.42 Å². The predicted molar refractivity (Wildman–Crippen MR) is 129 cm³/mol. The van der Waals surface area contributed by atoms with Gasteiger partial charge >= 0.3 is 0 Å². The van der Waals surface area contributed by atoms with E-state index in [-0.39, 0.29) is 24.1 Å². The lowest BCUT2D eigenvalue weighted by Gasteiger charge is -2.25. The molecule has 1 aliphatic rings. The van der Waals surface area contributed by atoms with E-state index in [0.29, 0.717) is 30.0 Å². The van der Waals surface area contributed by atoms with Crippen LogP contribution in [0.1, 0.15) is 24.0 Å². The monoisotopic (exact) mass is 496 g/mol. The van der Waals surface area contributed by atoms with Gasteiger partial charge in [0.1, 0.15) is 28.3 Å². The van der Waals surface area contributed by atoms with Crippen molar-refractivity contribution in [3.8, 4) is 5.75 Å². The summed E-state index contributed by atoms with van der Waals surface area (Å²) in [6.45, 7) is 1.58. The fourth-order valence-corrected chi connectivity index (χ4v) is 6.15. The van der Waals surface area contributed by atoms with Crippen LogP contribution in [-0.2, 0) is 27.9 Å². The molecule has 2 aromatic heterocycles. The normalized spacial score (nSPS) is 16.3. The highest BCUT2D eigenvalue weighted by molar-refractivity contribution is 7.89. The van der Waals surface area contributed by atoms with E-state index in [1.54, 1.807) is 30.6 Å². The summed E-state index contributed by atoms with van der Waals surface area (Å²) in [5, 5.41) is 0. The van der Waals surface area contributed by atoms with Crippen molar-refractivity contribution in [2.45, 2.75) is 37.0 Å². The first-order valence-corrected chi connectivity index (χ1v) is 13.2. The Labute approximate surface area is 202 Å². The van der Waals surface area contributed by atoms with Crippen molar-refractivity contribution in [3.05, 3.63) is 78.1 Å². The number of sulfonamides is 1. The summed E-state index contributed by atoms with van der Waals surface area (Å²) in [5.74, 6) is 0.708. The molecule has 0 bridgehead atoms. The summed E-state index contributed by atoms with van der Waals surface area (Å²) < 4.78 is 49.0. The van der Waals surface area contributed by atoms with Crippen molar-refractivity contribution in [1.29, 1.82) is 0 Å². The van der Waals surface area contributed by atoms with Crippen LogP contribution < -0.4 is 4.74 Å². The smallest absolute Gasteiger partial charge is 0.245 e. The van der Waals surface area contributed by atoms with E-state index in [1.807, 2.05) is 36.4 Å². The van der Waals surface area contributed by atoms with E-state index in [0.717, 1.165) is 35.7 Å². The van der Waals surface area contributed by atoms with Gasteiger partial charge in [-0.3, -0.25) is 4.98 Å². The molecule has 1 fully saturated rings. The quantitative estimate of drug-likeness (QED) is 0.345. The Hall–Kier alpha value is -2.92. The second kappa shape index (κ2) is 10.1. The lowest BCUT2D eigenvalue weighted by molar-refractivity contribution is 0.0926. The second-order valence-corrected chi connectivity index (χ2v) is 10.5. The second-order valence-electron chi connectivity index (χ2n) is 8.11. The average Bonchev–Trinajstić information content (AvgIpc) is 3.55. The van der Waals surface area contributed by atoms with Crippen LogP contribution >= 0.6 is 11.7 Å². The highest BCUT2D eigenvalue weighted by atomic mass is 32.2. The minimum Gasteiger partial charge on any atom is -0.489 e. The highest BCUT2D eigenvalue weighted by Crippen LogP contribution is 2.27. The molecule has 0 amide bonds. The molecule has 1 aliphatic heterocycles. The number of aromatic nitrogens is 3. The number of benzene rings is 2. The molecule has 5 rings (SSSR count). The summed E-state index contributed by atoms with van der Waals surface area (Å²) in [4.78, 5) is 4.26. The third kappa shape index (κ3) is 5.10. The van der Waals surface area contributed by atoms with E-state index in [1.165, 1.54) is 4.31 Å². The van der Waals surface area contributed by atoms with E-state index >= 15 is 0 Å². The topological polar surface area (TPSA) is 94.5 Å². The lowest BCUT2D eigenvalue weighted by Crippen LogP contribution is -2.37. The van der Waals surface area contributed by atoms with Crippen molar-refractivity contribution in [3.63, 3.8) is 0 Å². The third-order valence-electron chi connectivity index (χ3n) is 5.71. The van der Waals surface area contributed by atoms with Crippen LogP contribution in [0.15, 0.2) is 71.9 Å². The Bertz CT molecular complexity index is 1340. The van der Waals surface area contributed by atoms with Crippen LogP contribution in [0.2, 0.25) is 0 Å². The third-order valence-corrected chi connectivity index (χ3v) is 8.09. The lowest BCUT2D eigenvalue weighted by atomic mass is 10.2. The zero-order valence-corrected chi connectivity index (χ0v) is 20.0. The summed E-state index contributed by atoms with van der Waals surface area (Å²) in [6.07, 6.45) is 5.15. The van der Waals surface area contributed by atoms with Gasteiger partial charge in [0.05, 0.1) is 17.8 Å². The number of hydrogen-bond donors (Lipinski definition) is 0. The van der Waals surface area contributed by atoms with Crippen LogP contribution in [0.5, 0.6) is 5.75 Å². The predicted octanol–water partition coefficient (Wildman–Crippen LogP) is 4.04. The Morgan fingerprint density at radius 2 is 1.94 bits per heavy atom. The van der Waals surface area contributed by atoms with Gasteiger partial charge in [-0.15, -0.1) is 0 Å². The fraction of sp³-hybridized carbons (Fsp3) is 0.292. The zero-order chi connectivity index (χ0) is 23.4. The van der Waals surface area contributed by atoms with Crippen molar-refractivity contribution in [2.24, 2.45) is 0 Å². The summed E-state index contributed by atoms with van der Waals surface area (Å²) in [6, 6.07) is 16.4. The maximum absolute atomic E-state index is 13.7.